The summed E-state index contributed by atoms with van der Waals surface area (Å²) in [5.41, 5.74) is 8.00. The molecule has 0 saturated heterocycles. The molecule has 37 heavy (non-hydrogen) atoms. The Morgan fingerprint density at radius 1 is 1.24 bits per heavy atom. The number of hydrogen-bond acceptors (Lipinski definition) is 10. The number of fused-ring (bicyclic) bond motifs is 1. The molecule has 1 aromatic carbocycles. The molecule has 0 spiro atoms. The number of nitrogens with one attached hydrogen (secondary N) is 3. The van der Waals surface area contributed by atoms with Gasteiger partial charge in [-0.1, -0.05) is 6.07 Å². The van der Waals surface area contributed by atoms with Crippen LogP contribution in [0, 0.1) is 0 Å². The van der Waals surface area contributed by atoms with Crippen molar-refractivity contribution in [1.82, 2.24) is 30.0 Å². The minimum atomic E-state index is -0.700. The van der Waals surface area contributed by atoms with Gasteiger partial charge in [0.2, 0.25) is 17.7 Å². The number of ether oxygens (including phenoxy) is 1. The van der Waals surface area contributed by atoms with Crippen LogP contribution in [0.25, 0.3) is 11.5 Å². The Morgan fingerprint density at radius 3 is 2.81 bits per heavy atom. The molecule has 5 rings (SSSR count). The van der Waals surface area contributed by atoms with Gasteiger partial charge in [-0.2, -0.15) is 10.1 Å². The molecular formula is C24H25N9O4. The summed E-state index contributed by atoms with van der Waals surface area (Å²) in [4.78, 5) is 37.0. The van der Waals surface area contributed by atoms with Crippen LogP contribution >= 0.6 is 0 Å². The first kappa shape index (κ1) is 23.8. The van der Waals surface area contributed by atoms with Crippen LogP contribution in [0.3, 0.4) is 0 Å². The van der Waals surface area contributed by atoms with E-state index in [2.05, 4.69) is 36.0 Å². The summed E-state index contributed by atoms with van der Waals surface area (Å²) >= 11 is 0. The number of methoxy groups -OCH3 is 1. The fraction of sp³-hybridized carbons (Fsp3) is 0.250. The minimum absolute atomic E-state index is 0.0899. The Morgan fingerprint density at radius 2 is 2.08 bits per heavy atom. The molecule has 4 aromatic rings. The number of anilines is 4. The molecule has 4 heterocycles. The summed E-state index contributed by atoms with van der Waals surface area (Å²) in [6.07, 6.45) is 4.97. The van der Waals surface area contributed by atoms with Gasteiger partial charge in [0.1, 0.15) is 17.1 Å². The van der Waals surface area contributed by atoms with Crippen LogP contribution in [0.2, 0.25) is 0 Å². The number of nitrogens with two attached hydrogens (primary N) is 1. The number of hydrogen-bond donors (Lipinski definition) is 4. The van der Waals surface area contributed by atoms with E-state index in [-0.39, 0.29) is 42.2 Å². The first-order valence-electron chi connectivity index (χ1n) is 11.5. The summed E-state index contributed by atoms with van der Waals surface area (Å²) in [6, 6.07) is 5.50. The number of carbonyl (C=O) groups excluding carboxylic acids is 2. The second kappa shape index (κ2) is 9.60. The molecule has 0 saturated carbocycles. The van der Waals surface area contributed by atoms with Crippen LogP contribution in [0.15, 0.2) is 41.2 Å². The highest BCUT2D eigenvalue weighted by atomic mass is 16.5. The van der Waals surface area contributed by atoms with Crippen molar-refractivity contribution < 1.29 is 18.7 Å². The molecule has 1 aliphatic heterocycles. The Hall–Kier alpha value is -4.94. The Labute approximate surface area is 211 Å². The number of carbonyl (C=O) groups is 2. The van der Waals surface area contributed by atoms with E-state index in [1.165, 1.54) is 13.3 Å². The first-order chi connectivity index (χ1) is 17.8. The van der Waals surface area contributed by atoms with Gasteiger partial charge < -0.3 is 30.8 Å². The van der Waals surface area contributed by atoms with Crippen molar-refractivity contribution in [3.63, 3.8) is 0 Å². The van der Waals surface area contributed by atoms with E-state index in [9.17, 15) is 9.59 Å². The van der Waals surface area contributed by atoms with Crippen LogP contribution in [0.4, 0.5) is 23.1 Å². The maximum absolute atomic E-state index is 12.1. The number of primary amides is 1. The number of aromatic nitrogens is 5. The lowest BCUT2D eigenvalue weighted by atomic mass is 10.1. The van der Waals surface area contributed by atoms with Crippen LogP contribution in [-0.4, -0.2) is 43.7 Å². The molecular weight excluding hydrogens is 478 g/mol. The Bertz CT molecular complexity index is 1490. The lowest BCUT2D eigenvalue weighted by molar-refractivity contribution is -0.121. The first-order valence-corrected chi connectivity index (χ1v) is 11.5. The van der Waals surface area contributed by atoms with Gasteiger partial charge in [-0.15, -0.1) is 0 Å². The smallest absolute Gasteiger partial charge is 0.254 e. The summed E-state index contributed by atoms with van der Waals surface area (Å²) in [7, 11) is 1.51. The van der Waals surface area contributed by atoms with Crippen LogP contribution in [0.1, 0.15) is 41.7 Å². The lowest BCUT2D eigenvalue weighted by Gasteiger charge is -2.15. The predicted octanol–water partition coefficient (Wildman–Crippen LogP) is 2.68. The third-order valence-corrected chi connectivity index (χ3v) is 5.70. The quantitative estimate of drug-likeness (QED) is 0.280. The highest BCUT2D eigenvalue weighted by Gasteiger charge is 2.24. The molecule has 2 amide bonds. The summed E-state index contributed by atoms with van der Waals surface area (Å²) < 4.78 is 13.4. The zero-order valence-corrected chi connectivity index (χ0v) is 20.4. The van der Waals surface area contributed by atoms with E-state index in [4.69, 9.17) is 14.9 Å². The van der Waals surface area contributed by atoms with E-state index in [0.717, 1.165) is 0 Å². The van der Waals surface area contributed by atoms with E-state index in [1.54, 1.807) is 29.1 Å². The SMILES string of the molecule is COc1c(Nc2nc(Nc3cnn(C(C)C)c3)ncc2C(N)=O)cccc1-c1nc2c(o1)CNC(=O)C2. The summed E-state index contributed by atoms with van der Waals surface area (Å²) in [5, 5.41) is 13.2. The maximum Gasteiger partial charge on any atom is 0.254 e. The molecule has 0 aliphatic carbocycles. The van der Waals surface area contributed by atoms with Crippen molar-refractivity contribution in [3.05, 3.63) is 53.8 Å². The number of nitrogens with zero attached hydrogens (tertiary/aromatic N) is 5. The molecule has 0 bridgehead atoms. The van der Waals surface area contributed by atoms with E-state index in [1.807, 2.05) is 20.0 Å². The van der Waals surface area contributed by atoms with Crippen LogP contribution in [-0.2, 0) is 17.8 Å². The second-order valence-corrected chi connectivity index (χ2v) is 8.60. The molecule has 1 aliphatic rings. The normalized spacial score (nSPS) is 12.7. The van der Waals surface area contributed by atoms with Gasteiger partial charge in [0.25, 0.3) is 5.91 Å². The molecule has 0 atom stereocenters. The average molecular weight is 504 g/mol. The molecule has 190 valence electrons. The standard InChI is InChI=1S/C24H25N9O4/c1-12(2)33-11-13(8-28-33)29-24-27-9-15(21(25)35)22(32-24)30-16-6-4-5-14(20(16)36-3)23-31-17-7-19(34)26-10-18(17)37-23/h4-6,8-9,11-12H,7,10H2,1-3H3,(H2,25,35)(H,26,34)(H2,27,29,30,32). The molecule has 0 unspecified atom stereocenters. The molecule has 13 heteroatoms. The van der Waals surface area contributed by atoms with Crippen molar-refractivity contribution in [1.29, 1.82) is 0 Å². The zero-order chi connectivity index (χ0) is 26.1. The van der Waals surface area contributed by atoms with Gasteiger partial charge in [0, 0.05) is 18.4 Å². The minimum Gasteiger partial charge on any atom is -0.494 e. The number of amides is 2. The number of para-hydroxylation sites is 1. The number of oxazole rings is 1. The molecule has 13 nitrogen and oxygen atoms in total. The topological polar surface area (TPSA) is 175 Å². The summed E-state index contributed by atoms with van der Waals surface area (Å²) in [5.74, 6) is 0.916. The Kier molecular flexibility index (Phi) is 6.17. The van der Waals surface area contributed by atoms with Crippen LogP contribution in [0.5, 0.6) is 5.75 Å². The third kappa shape index (κ3) is 4.78. The van der Waals surface area contributed by atoms with E-state index in [0.29, 0.717) is 40.0 Å². The van der Waals surface area contributed by atoms with Gasteiger partial charge in [0.05, 0.1) is 48.9 Å². The van der Waals surface area contributed by atoms with Gasteiger partial charge in [-0.3, -0.25) is 14.3 Å². The average Bonchev–Trinajstić information content (AvgIpc) is 3.51. The van der Waals surface area contributed by atoms with Crippen molar-refractivity contribution >= 4 is 35.0 Å². The largest absolute Gasteiger partial charge is 0.494 e. The predicted molar refractivity (Wildman–Crippen MR) is 134 cm³/mol. The van der Waals surface area contributed by atoms with E-state index >= 15 is 0 Å². The van der Waals surface area contributed by atoms with Crippen molar-refractivity contribution in [2.45, 2.75) is 32.9 Å². The van der Waals surface area contributed by atoms with Crippen molar-refractivity contribution in [3.8, 4) is 17.2 Å². The van der Waals surface area contributed by atoms with Gasteiger partial charge >= 0.3 is 0 Å². The third-order valence-electron chi connectivity index (χ3n) is 5.70. The number of benzene rings is 1. The van der Waals surface area contributed by atoms with Crippen molar-refractivity contribution in [2.24, 2.45) is 5.73 Å². The molecule has 5 N–H and O–H groups in total. The van der Waals surface area contributed by atoms with Gasteiger partial charge in [0.15, 0.2) is 5.75 Å². The fourth-order valence-corrected chi connectivity index (χ4v) is 3.85. The van der Waals surface area contributed by atoms with Gasteiger partial charge in [-0.05, 0) is 26.0 Å². The Balaban J connectivity index is 1.48. The number of rotatable bonds is 8. The zero-order valence-electron chi connectivity index (χ0n) is 20.4. The highest BCUT2D eigenvalue weighted by molar-refractivity contribution is 5.98. The molecule has 3 aromatic heterocycles. The summed E-state index contributed by atoms with van der Waals surface area (Å²) in [6.45, 7) is 4.31. The van der Waals surface area contributed by atoms with Gasteiger partial charge in [-0.25, -0.2) is 9.97 Å². The highest BCUT2D eigenvalue weighted by Crippen LogP contribution is 2.38. The lowest BCUT2D eigenvalue weighted by Crippen LogP contribution is -2.29. The van der Waals surface area contributed by atoms with E-state index < -0.39 is 5.91 Å². The molecule has 0 fully saturated rings. The van der Waals surface area contributed by atoms with Crippen LogP contribution < -0.4 is 26.4 Å². The maximum atomic E-state index is 12.1. The fourth-order valence-electron chi connectivity index (χ4n) is 3.85. The van der Waals surface area contributed by atoms with Crippen molar-refractivity contribution in [2.75, 3.05) is 17.7 Å². The monoisotopic (exact) mass is 503 g/mol. The second-order valence-electron chi connectivity index (χ2n) is 8.60. The molecule has 0 radical (unpaired) electrons.